The first-order chi connectivity index (χ1) is 12.1. The first-order valence-electron chi connectivity index (χ1n) is 9.00. The van der Waals surface area contributed by atoms with Crippen LogP contribution in [-0.4, -0.2) is 36.5 Å². The van der Waals surface area contributed by atoms with Crippen molar-refractivity contribution in [2.45, 2.75) is 57.5 Å². The summed E-state index contributed by atoms with van der Waals surface area (Å²) in [7, 11) is 0. The Kier molecular flexibility index (Phi) is 5.48. The minimum atomic E-state index is -0.444. The van der Waals surface area contributed by atoms with E-state index in [-0.39, 0.29) is 18.2 Å². The van der Waals surface area contributed by atoms with Crippen molar-refractivity contribution >= 4 is 23.5 Å². The standard InChI is InChI=1S/C19H24N2O4/c1-2-25-19(24)13-8-10-15(11-9-13)21-17(22)12-16(18(21)23)20-14-6-4-3-5-7-14/h8-11,14,16,20H,2-7,12H2,1H3/t16-/m1/s1. The number of nitrogens with zero attached hydrogens (tertiary/aromatic N) is 1. The van der Waals surface area contributed by atoms with Crippen molar-refractivity contribution in [3.05, 3.63) is 29.8 Å². The van der Waals surface area contributed by atoms with Gasteiger partial charge in [0.1, 0.15) is 0 Å². The average Bonchev–Trinajstić information content (AvgIpc) is 2.90. The lowest BCUT2D eigenvalue weighted by atomic mass is 9.95. The predicted octanol–water partition coefficient (Wildman–Crippen LogP) is 2.42. The Morgan fingerprint density at radius 3 is 2.48 bits per heavy atom. The van der Waals surface area contributed by atoms with Gasteiger partial charge in [0, 0.05) is 6.04 Å². The highest BCUT2D eigenvalue weighted by atomic mass is 16.5. The van der Waals surface area contributed by atoms with Gasteiger partial charge >= 0.3 is 5.97 Å². The van der Waals surface area contributed by atoms with Crippen molar-refractivity contribution in [1.82, 2.24) is 5.32 Å². The molecular formula is C19H24N2O4. The fraction of sp³-hybridized carbons (Fsp3) is 0.526. The third-order valence-electron chi connectivity index (χ3n) is 4.83. The number of carbonyl (C=O) groups excluding carboxylic acids is 3. The van der Waals surface area contributed by atoms with Crippen LogP contribution in [0.25, 0.3) is 0 Å². The van der Waals surface area contributed by atoms with Gasteiger partial charge in [-0.05, 0) is 44.0 Å². The van der Waals surface area contributed by atoms with Crippen molar-refractivity contribution in [2.24, 2.45) is 0 Å². The molecule has 0 spiro atoms. The zero-order valence-electron chi connectivity index (χ0n) is 14.5. The predicted molar refractivity (Wildman–Crippen MR) is 93.3 cm³/mol. The maximum Gasteiger partial charge on any atom is 0.338 e. The molecule has 2 aliphatic rings. The quantitative estimate of drug-likeness (QED) is 0.656. The lowest BCUT2D eigenvalue weighted by molar-refractivity contribution is -0.121. The lowest BCUT2D eigenvalue weighted by Crippen LogP contribution is -2.44. The molecule has 0 radical (unpaired) electrons. The molecule has 1 N–H and O–H groups in total. The zero-order chi connectivity index (χ0) is 17.8. The summed E-state index contributed by atoms with van der Waals surface area (Å²) in [5.41, 5.74) is 0.901. The Hall–Kier alpha value is -2.21. The maximum absolute atomic E-state index is 12.7. The smallest absolute Gasteiger partial charge is 0.338 e. The number of imide groups is 1. The highest BCUT2D eigenvalue weighted by Gasteiger charge is 2.40. The van der Waals surface area contributed by atoms with Crippen LogP contribution in [-0.2, 0) is 14.3 Å². The van der Waals surface area contributed by atoms with Crippen LogP contribution in [0, 0.1) is 0 Å². The SMILES string of the molecule is CCOC(=O)c1ccc(N2C(=O)C[C@@H](NC3CCCCC3)C2=O)cc1. The minimum absolute atomic E-state index is 0.189. The van der Waals surface area contributed by atoms with E-state index in [4.69, 9.17) is 4.74 Å². The van der Waals surface area contributed by atoms with Gasteiger partial charge in [0.15, 0.2) is 0 Å². The van der Waals surface area contributed by atoms with Crippen molar-refractivity contribution in [3.8, 4) is 0 Å². The summed E-state index contributed by atoms with van der Waals surface area (Å²) in [6, 6.07) is 6.27. The number of hydrogen-bond donors (Lipinski definition) is 1. The van der Waals surface area contributed by atoms with Gasteiger partial charge in [0.2, 0.25) is 5.91 Å². The molecule has 6 nitrogen and oxygen atoms in total. The molecule has 1 aromatic carbocycles. The van der Waals surface area contributed by atoms with Gasteiger partial charge in [0.05, 0.1) is 30.3 Å². The number of carbonyl (C=O) groups is 3. The van der Waals surface area contributed by atoms with Crippen LogP contribution in [0.2, 0.25) is 0 Å². The minimum Gasteiger partial charge on any atom is -0.462 e. The number of nitrogens with one attached hydrogen (secondary N) is 1. The molecule has 1 heterocycles. The molecule has 25 heavy (non-hydrogen) atoms. The molecule has 1 saturated carbocycles. The van der Waals surface area contributed by atoms with E-state index in [2.05, 4.69) is 5.32 Å². The number of anilines is 1. The van der Waals surface area contributed by atoms with E-state index in [1.807, 2.05) is 0 Å². The number of ether oxygens (including phenoxy) is 1. The van der Waals surface area contributed by atoms with Gasteiger partial charge in [0.25, 0.3) is 5.91 Å². The van der Waals surface area contributed by atoms with Gasteiger partial charge in [-0.15, -0.1) is 0 Å². The molecule has 0 aromatic heterocycles. The largest absolute Gasteiger partial charge is 0.462 e. The second-order valence-corrected chi connectivity index (χ2v) is 6.59. The van der Waals surface area contributed by atoms with Crippen LogP contribution >= 0.6 is 0 Å². The summed E-state index contributed by atoms with van der Waals surface area (Å²) in [5, 5.41) is 3.36. The number of hydrogen-bond acceptors (Lipinski definition) is 5. The monoisotopic (exact) mass is 344 g/mol. The van der Waals surface area contributed by atoms with E-state index in [0.29, 0.717) is 23.9 Å². The fourth-order valence-electron chi connectivity index (χ4n) is 3.55. The zero-order valence-corrected chi connectivity index (χ0v) is 14.5. The van der Waals surface area contributed by atoms with Gasteiger partial charge in [-0.25, -0.2) is 9.69 Å². The van der Waals surface area contributed by atoms with Crippen molar-refractivity contribution in [2.75, 3.05) is 11.5 Å². The summed E-state index contributed by atoms with van der Waals surface area (Å²) < 4.78 is 4.94. The second kappa shape index (κ2) is 7.78. The Morgan fingerprint density at radius 2 is 1.84 bits per heavy atom. The highest BCUT2D eigenvalue weighted by molar-refractivity contribution is 6.22. The molecule has 1 saturated heterocycles. The second-order valence-electron chi connectivity index (χ2n) is 6.59. The first-order valence-corrected chi connectivity index (χ1v) is 9.00. The molecule has 6 heteroatoms. The Balaban J connectivity index is 1.68. The van der Waals surface area contributed by atoms with Crippen molar-refractivity contribution < 1.29 is 19.1 Å². The Morgan fingerprint density at radius 1 is 1.16 bits per heavy atom. The number of benzene rings is 1. The molecule has 1 aliphatic heterocycles. The third-order valence-corrected chi connectivity index (χ3v) is 4.83. The molecule has 134 valence electrons. The maximum atomic E-state index is 12.7. The van der Waals surface area contributed by atoms with E-state index in [1.165, 1.54) is 24.2 Å². The van der Waals surface area contributed by atoms with E-state index in [0.717, 1.165) is 12.8 Å². The number of rotatable bonds is 5. The normalized spacial score (nSPS) is 21.6. The average molecular weight is 344 g/mol. The number of esters is 1. The van der Waals surface area contributed by atoms with Gasteiger partial charge in [-0.1, -0.05) is 19.3 Å². The number of amides is 2. The van der Waals surface area contributed by atoms with E-state index in [1.54, 1.807) is 31.2 Å². The Bertz CT molecular complexity index is 650. The molecule has 1 atom stereocenters. The molecule has 2 amide bonds. The summed E-state index contributed by atoms with van der Waals surface area (Å²) in [5.74, 6) is -0.827. The molecule has 3 rings (SSSR count). The van der Waals surface area contributed by atoms with Gasteiger partial charge < -0.3 is 10.1 Å². The summed E-state index contributed by atoms with van der Waals surface area (Å²) in [6.45, 7) is 2.05. The third kappa shape index (κ3) is 3.90. The summed E-state index contributed by atoms with van der Waals surface area (Å²) in [6.07, 6.45) is 5.90. The van der Waals surface area contributed by atoms with Crippen LogP contribution in [0.3, 0.4) is 0 Å². The highest BCUT2D eigenvalue weighted by Crippen LogP contribution is 2.25. The molecule has 0 bridgehead atoms. The topological polar surface area (TPSA) is 75.7 Å². The Labute approximate surface area is 147 Å². The first kappa shape index (κ1) is 17.6. The van der Waals surface area contributed by atoms with Gasteiger partial charge in [-0.3, -0.25) is 9.59 Å². The van der Waals surface area contributed by atoms with Crippen molar-refractivity contribution in [1.29, 1.82) is 0 Å². The van der Waals surface area contributed by atoms with Gasteiger partial charge in [-0.2, -0.15) is 0 Å². The summed E-state index contributed by atoms with van der Waals surface area (Å²) >= 11 is 0. The fourth-order valence-corrected chi connectivity index (χ4v) is 3.55. The molecular weight excluding hydrogens is 320 g/mol. The van der Waals surface area contributed by atoms with E-state index in [9.17, 15) is 14.4 Å². The van der Waals surface area contributed by atoms with Crippen LogP contribution in [0.15, 0.2) is 24.3 Å². The van der Waals surface area contributed by atoms with Crippen LogP contribution in [0.5, 0.6) is 0 Å². The molecule has 1 aliphatic carbocycles. The lowest BCUT2D eigenvalue weighted by Gasteiger charge is -2.25. The summed E-state index contributed by atoms with van der Waals surface area (Å²) in [4.78, 5) is 37.9. The van der Waals surface area contributed by atoms with E-state index < -0.39 is 12.0 Å². The van der Waals surface area contributed by atoms with Crippen LogP contribution in [0.1, 0.15) is 55.8 Å². The molecule has 2 fully saturated rings. The molecule has 1 aromatic rings. The van der Waals surface area contributed by atoms with Crippen molar-refractivity contribution in [3.63, 3.8) is 0 Å². The van der Waals surface area contributed by atoms with E-state index >= 15 is 0 Å². The molecule has 0 unspecified atom stereocenters. The van der Waals surface area contributed by atoms with Crippen LogP contribution in [0.4, 0.5) is 5.69 Å². The van der Waals surface area contributed by atoms with Crippen LogP contribution < -0.4 is 10.2 Å².